The predicted octanol–water partition coefficient (Wildman–Crippen LogP) is 3.24. The minimum absolute atomic E-state index is 0.00624. The van der Waals surface area contributed by atoms with Crippen molar-refractivity contribution >= 4 is 33.2 Å². The molecule has 0 unspecified atom stereocenters. The summed E-state index contributed by atoms with van der Waals surface area (Å²) in [7, 11) is -0.850. The van der Waals surface area contributed by atoms with E-state index in [-0.39, 0.29) is 16.6 Å². The number of ether oxygens (including phenoxy) is 1. The average Bonchev–Trinajstić information content (AvgIpc) is 2.56. The first-order chi connectivity index (χ1) is 11.8. The lowest BCUT2D eigenvalue weighted by Gasteiger charge is -2.16. The molecule has 2 rings (SSSR count). The number of nitrogens with zero attached hydrogens (tertiary/aromatic N) is 1. The van der Waals surface area contributed by atoms with E-state index >= 15 is 0 Å². The Kier molecular flexibility index (Phi) is 6.05. The van der Waals surface area contributed by atoms with Gasteiger partial charge in [-0.05, 0) is 49.4 Å². The second-order valence-electron chi connectivity index (χ2n) is 5.34. The highest BCUT2D eigenvalue weighted by molar-refractivity contribution is 7.89. The van der Waals surface area contributed by atoms with Crippen molar-refractivity contribution in [3.05, 3.63) is 53.1 Å². The van der Waals surface area contributed by atoms with Crippen LogP contribution in [0.4, 0.5) is 5.69 Å². The fraction of sp³-hybridized carbons (Fsp3) is 0.235. The zero-order valence-corrected chi connectivity index (χ0v) is 15.7. The van der Waals surface area contributed by atoms with Crippen LogP contribution in [0, 0.1) is 0 Å². The van der Waals surface area contributed by atoms with Crippen molar-refractivity contribution in [2.24, 2.45) is 0 Å². The highest BCUT2D eigenvalue weighted by atomic mass is 35.5. The number of amides is 1. The summed E-state index contributed by atoms with van der Waals surface area (Å²) in [6.07, 6.45) is 0. The van der Waals surface area contributed by atoms with E-state index in [1.165, 1.54) is 26.2 Å². The lowest BCUT2D eigenvalue weighted by molar-refractivity contribution is 0.102. The third-order valence-corrected chi connectivity index (χ3v) is 5.45. The zero-order valence-electron chi connectivity index (χ0n) is 14.1. The number of rotatable bonds is 6. The van der Waals surface area contributed by atoms with Crippen LogP contribution in [-0.4, -0.2) is 39.3 Å². The van der Waals surface area contributed by atoms with Gasteiger partial charge in [0.15, 0.2) is 0 Å². The van der Waals surface area contributed by atoms with E-state index in [1.54, 1.807) is 37.3 Å². The molecule has 134 valence electrons. The first-order valence-electron chi connectivity index (χ1n) is 7.52. The average molecular weight is 383 g/mol. The summed E-state index contributed by atoms with van der Waals surface area (Å²) in [6.45, 7) is 2.09. The van der Waals surface area contributed by atoms with Gasteiger partial charge in [-0.25, -0.2) is 12.7 Å². The number of halogens is 1. The van der Waals surface area contributed by atoms with Crippen molar-refractivity contribution in [2.45, 2.75) is 11.8 Å². The van der Waals surface area contributed by atoms with E-state index in [1.807, 2.05) is 0 Å². The summed E-state index contributed by atoms with van der Waals surface area (Å²) < 4.78 is 31.5. The van der Waals surface area contributed by atoms with Crippen molar-refractivity contribution in [3.63, 3.8) is 0 Å². The molecule has 6 nitrogen and oxygen atoms in total. The fourth-order valence-electron chi connectivity index (χ4n) is 2.06. The van der Waals surface area contributed by atoms with Crippen molar-refractivity contribution in [2.75, 3.05) is 26.0 Å². The third kappa shape index (κ3) is 4.50. The number of anilines is 1. The molecule has 0 fully saturated rings. The van der Waals surface area contributed by atoms with Crippen LogP contribution in [0.5, 0.6) is 5.75 Å². The quantitative estimate of drug-likeness (QED) is 0.832. The molecule has 0 aromatic heterocycles. The van der Waals surface area contributed by atoms with E-state index in [9.17, 15) is 13.2 Å². The highest BCUT2D eigenvalue weighted by Crippen LogP contribution is 2.29. The van der Waals surface area contributed by atoms with Gasteiger partial charge in [-0.2, -0.15) is 0 Å². The van der Waals surface area contributed by atoms with E-state index in [0.29, 0.717) is 22.9 Å². The van der Waals surface area contributed by atoms with Gasteiger partial charge in [-0.1, -0.05) is 11.6 Å². The standard InChI is InChI=1S/C17H19ClN2O4S/c1-4-24-15-10-9-14(11-16(15)25(22,23)20(2)3)19-17(21)12-5-7-13(18)8-6-12/h5-11H,4H2,1-3H3,(H,19,21). The largest absolute Gasteiger partial charge is 0.492 e. The molecule has 0 atom stereocenters. The van der Waals surface area contributed by atoms with Gasteiger partial charge in [0.2, 0.25) is 10.0 Å². The summed E-state index contributed by atoms with van der Waals surface area (Å²) in [5.74, 6) is -0.130. The molecule has 2 aromatic rings. The Bertz CT molecular complexity index is 865. The molecule has 0 aliphatic heterocycles. The lowest BCUT2D eigenvalue weighted by atomic mass is 10.2. The molecule has 0 heterocycles. The van der Waals surface area contributed by atoms with E-state index in [4.69, 9.17) is 16.3 Å². The van der Waals surface area contributed by atoms with Crippen LogP contribution in [-0.2, 0) is 10.0 Å². The van der Waals surface area contributed by atoms with E-state index in [2.05, 4.69) is 5.32 Å². The number of carbonyl (C=O) groups is 1. The van der Waals surface area contributed by atoms with Crippen LogP contribution in [0.1, 0.15) is 17.3 Å². The van der Waals surface area contributed by atoms with Gasteiger partial charge in [0.05, 0.1) is 6.61 Å². The summed E-state index contributed by atoms with van der Waals surface area (Å²) in [6, 6.07) is 10.9. The van der Waals surface area contributed by atoms with Crippen LogP contribution in [0.2, 0.25) is 5.02 Å². The van der Waals surface area contributed by atoms with Gasteiger partial charge < -0.3 is 10.1 Å². The maximum Gasteiger partial charge on any atom is 0.255 e. The van der Waals surface area contributed by atoms with E-state index in [0.717, 1.165) is 4.31 Å². The molecular weight excluding hydrogens is 364 g/mol. The number of hydrogen-bond donors (Lipinski definition) is 1. The van der Waals surface area contributed by atoms with Crippen LogP contribution >= 0.6 is 11.6 Å². The molecule has 1 N–H and O–H groups in total. The topological polar surface area (TPSA) is 75.7 Å². The number of sulfonamides is 1. The Hall–Kier alpha value is -2.09. The Labute approximate surface area is 152 Å². The van der Waals surface area contributed by atoms with Crippen LogP contribution in [0.3, 0.4) is 0 Å². The second kappa shape index (κ2) is 7.86. The number of carbonyl (C=O) groups excluding carboxylic acids is 1. The van der Waals surface area contributed by atoms with Gasteiger partial charge in [-0.3, -0.25) is 4.79 Å². The SMILES string of the molecule is CCOc1ccc(NC(=O)c2ccc(Cl)cc2)cc1S(=O)(=O)N(C)C. The molecule has 1 amide bonds. The Morgan fingerprint density at radius 1 is 1.16 bits per heavy atom. The van der Waals surface area contributed by atoms with Gasteiger partial charge in [0.1, 0.15) is 10.6 Å². The fourth-order valence-corrected chi connectivity index (χ4v) is 3.24. The van der Waals surface area contributed by atoms with Gasteiger partial charge in [0.25, 0.3) is 5.91 Å². The summed E-state index contributed by atoms with van der Waals surface area (Å²) >= 11 is 5.81. The first kappa shape index (κ1) is 19.2. The normalized spacial score (nSPS) is 11.4. The highest BCUT2D eigenvalue weighted by Gasteiger charge is 2.23. The van der Waals surface area contributed by atoms with E-state index < -0.39 is 10.0 Å². The monoisotopic (exact) mass is 382 g/mol. The first-order valence-corrected chi connectivity index (χ1v) is 9.33. The maximum atomic E-state index is 12.5. The van der Waals surface area contributed by atoms with Gasteiger partial charge >= 0.3 is 0 Å². The molecule has 2 aromatic carbocycles. The molecule has 8 heteroatoms. The summed E-state index contributed by atoms with van der Waals surface area (Å²) in [4.78, 5) is 12.3. The Morgan fingerprint density at radius 3 is 2.36 bits per heavy atom. The van der Waals surface area contributed by atoms with Crippen molar-refractivity contribution in [3.8, 4) is 5.75 Å². The summed E-state index contributed by atoms with van der Waals surface area (Å²) in [5.41, 5.74) is 0.763. The molecule has 0 saturated carbocycles. The van der Waals surface area contributed by atoms with Crippen LogP contribution in [0.25, 0.3) is 0 Å². The van der Waals surface area contributed by atoms with Crippen molar-refractivity contribution in [1.82, 2.24) is 4.31 Å². The Morgan fingerprint density at radius 2 is 1.80 bits per heavy atom. The van der Waals surface area contributed by atoms with Crippen molar-refractivity contribution in [1.29, 1.82) is 0 Å². The third-order valence-electron chi connectivity index (χ3n) is 3.37. The smallest absolute Gasteiger partial charge is 0.255 e. The number of nitrogens with one attached hydrogen (secondary N) is 1. The maximum absolute atomic E-state index is 12.5. The Balaban J connectivity index is 2.36. The molecule has 0 saturated heterocycles. The van der Waals surface area contributed by atoms with Crippen LogP contribution < -0.4 is 10.1 Å². The molecule has 0 radical (unpaired) electrons. The molecule has 0 bridgehead atoms. The molecule has 0 spiro atoms. The molecule has 25 heavy (non-hydrogen) atoms. The van der Waals surface area contributed by atoms with Crippen molar-refractivity contribution < 1.29 is 17.9 Å². The lowest BCUT2D eigenvalue weighted by Crippen LogP contribution is -2.23. The predicted molar refractivity (Wildman–Crippen MR) is 97.9 cm³/mol. The molecule has 0 aliphatic rings. The minimum Gasteiger partial charge on any atom is -0.492 e. The minimum atomic E-state index is -3.72. The van der Waals surface area contributed by atoms with Gasteiger partial charge in [0, 0.05) is 30.4 Å². The summed E-state index contributed by atoms with van der Waals surface area (Å²) in [5, 5.41) is 3.20. The van der Waals surface area contributed by atoms with Crippen LogP contribution in [0.15, 0.2) is 47.4 Å². The number of benzene rings is 2. The zero-order chi connectivity index (χ0) is 18.6. The second-order valence-corrected chi connectivity index (χ2v) is 7.90. The number of hydrogen-bond acceptors (Lipinski definition) is 4. The molecule has 0 aliphatic carbocycles. The molecular formula is C17H19ClN2O4S. The van der Waals surface area contributed by atoms with Gasteiger partial charge in [-0.15, -0.1) is 0 Å².